The van der Waals surface area contributed by atoms with Gasteiger partial charge in [0, 0.05) is 22.0 Å². The van der Waals surface area contributed by atoms with Crippen molar-refractivity contribution in [3.05, 3.63) is 83.0 Å². The second kappa shape index (κ2) is 6.80. The van der Waals surface area contributed by atoms with E-state index in [0.29, 0.717) is 10.9 Å². The fourth-order valence-corrected chi connectivity index (χ4v) is 5.28. The van der Waals surface area contributed by atoms with Crippen LogP contribution in [0, 0.1) is 6.92 Å². The first-order valence-corrected chi connectivity index (χ1v) is 10.5. The fraction of sp³-hybridized carbons (Fsp3) is 0.130. The Morgan fingerprint density at radius 1 is 1.04 bits per heavy atom. The number of amides is 1. The maximum atomic E-state index is 12.7. The number of benzene rings is 3. The first-order valence-electron chi connectivity index (χ1n) is 9.10. The molecule has 28 heavy (non-hydrogen) atoms. The van der Waals surface area contributed by atoms with Crippen molar-refractivity contribution in [3.63, 3.8) is 0 Å². The summed E-state index contributed by atoms with van der Waals surface area (Å²) < 4.78 is 0. The molecule has 3 aromatic carbocycles. The van der Waals surface area contributed by atoms with Gasteiger partial charge in [0.05, 0.1) is 11.3 Å². The molecule has 1 aromatic heterocycles. The van der Waals surface area contributed by atoms with Crippen molar-refractivity contribution in [3.8, 4) is 0 Å². The van der Waals surface area contributed by atoms with Crippen LogP contribution in [0.15, 0.2) is 66.7 Å². The van der Waals surface area contributed by atoms with E-state index in [4.69, 9.17) is 16.6 Å². The molecule has 0 aliphatic carbocycles. The highest BCUT2D eigenvalue weighted by atomic mass is 35.5. The van der Waals surface area contributed by atoms with E-state index in [0.717, 1.165) is 38.5 Å². The predicted molar refractivity (Wildman–Crippen MR) is 118 cm³/mol. The summed E-state index contributed by atoms with van der Waals surface area (Å²) >= 11 is 8.24. The molecule has 5 rings (SSSR count). The van der Waals surface area contributed by atoms with Crippen molar-refractivity contribution < 1.29 is 4.79 Å². The number of nitrogens with zero attached hydrogens (tertiary/aromatic N) is 2. The van der Waals surface area contributed by atoms with E-state index in [9.17, 15) is 4.79 Å². The largest absolute Gasteiger partial charge is 0.295 e. The average molecular weight is 405 g/mol. The minimum atomic E-state index is -0.176. The highest BCUT2D eigenvalue weighted by molar-refractivity contribution is 8.00. The van der Waals surface area contributed by atoms with Gasteiger partial charge in [0.25, 0.3) is 0 Å². The number of halogens is 1. The van der Waals surface area contributed by atoms with E-state index in [1.54, 1.807) is 11.8 Å². The fourth-order valence-electron chi connectivity index (χ4n) is 3.79. The molecule has 5 heteroatoms. The number of carbonyl (C=O) groups excluding carboxylic acids is 1. The number of hydrogen-bond acceptors (Lipinski definition) is 3. The highest BCUT2D eigenvalue weighted by Crippen LogP contribution is 2.44. The molecular formula is C23H17ClN2OS. The molecule has 1 atom stereocenters. The Hall–Kier alpha value is -2.56. The predicted octanol–water partition coefficient (Wildman–Crippen LogP) is 6.13. The number of hydrogen-bond donors (Lipinski definition) is 0. The number of anilines is 1. The monoisotopic (exact) mass is 404 g/mol. The summed E-state index contributed by atoms with van der Waals surface area (Å²) in [6.45, 7) is 2.03. The van der Waals surface area contributed by atoms with E-state index in [-0.39, 0.29) is 11.3 Å². The Morgan fingerprint density at radius 2 is 1.86 bits per heavy atom. The Labute approximate surface area is 172 Å². The van der Waals surface area contributed by atoms with Crippen LogP contribution in [0.1, 0.15) is 16.5 Å². The van der Waals surface area contributed by atoms with Gasteiger partial charge in [-0.1, -0.05) is 60.1 Å². The molecule has 0 saturated carbocycles. The van der Waals surface area contributed by atoms with Gasteiger partial charge in [0.2, 0.25) is 5.91 Å². The quantitative estimate of drug-likeness (QED) is 0.297. The molecule has 0 radical (unpaired) electrons. The first kappa shape index (κ1) is 17.5. The topological polar surface area (TPSA) is 33.2 Å². The molecule has 0 bridgehead atoms. The van der Waals surface area contributed by atoms with Crippen molar-refractivity contribution in [2.75, 3.05) is 10.7 Å². The number of aryl methyl sites for hydroxylation is 1. The number of aromatic nitrogens is 1. The maximum Gasteiger partial charge on any atom is 0.238 e. The molecule has 1 aliphatic heterocycles. The van der Waals surface area contributed by atoms with Crippen LogP contribution < -0.4 is 4.90 Å². The van der Waals surface area contributed by atoms with Crippen LogP contribution >= 0.6 is 23.4 Å². The Kier molecular flexibility index (Phi) is 4.26. The molecule has 1 unspecified atom stereocenters. The van der Waals surface area contributed by atoms with Crippen LogP contribution in [0.2, 0.25) is 5.15 Å². The lowest BCUT2D eigenvalue weighted by Gasteiger charge is -2.25. The molecule has 138 valence electrons. The maximum absolute atomic E-state index is 12.7. The number of rotatable bonds is 2. The Bertz CT molecular complexity index is 1240. The Morgan fingerprint density at radius 3 is 2.71 bits per heavy atom. The molecule has 0 spiro atoms. The SMILES string of the molecule is Cc1cccc(N2C(=O)CSC2c2cc3ccc4ccccc4c3nc2Cl)c1. The summed E-state index contributed by atoms with van der Waals surface area (Å²) in [7, 11) is 0. The van der Waals surface area contributed by atoms with Gasteiger partial charge in [0.15, 0.2) is 0 Å². The van der Waals surface area contributed by atoms with Gasteiger partial charge in [-0.2, -0.15) is 0 Å². The Balaban J connectivity index is 1.66. The lowest BCUT2D eigenvalue weighted by atomic mass is 10.0. The molecule has 1 saturated heterocycles. The van der Waals surface area contributed by atoms with Crippen LogP contribution in [-0.4, -0.2) is 16.6 Å². The zero-order valence-corrected chi connectivity index (χ0v) is 16.8. The standard InChI is InChI=1S/C23H17ClN2OS/c1-14-5-4-7-17(11-14)26-20(27)13-28-23(26)19-12-16-10-9-15-6-2-3-8-18(15)21(16)25-22(19)24/h2-12,23H,13H2,1H3. The van der Waals surface area contributed by atoms with Gasteiger partial charge in [-0.25, -0.2) is 4.98 Å². The van der Waals surface area contributed by atoms with Crippen molar-refractivity contribution in [2.45, 2.75) is 12.3 Å². The van der Waals surface area contributed by atoms with Crippen LogP contribution in [0.4, 0.5) is 5.69 Å². The number of thioether (sulfide) groups is 1. The summed E-state index contributed by atoms with van der Waals surface area (Å²) in [6.07, 6.45) is 0. The molecule has 2 heterocycles. The van der Waals surface area contributed by atoms with Crippen molar-refractivity contribution in [1.29, 1.82) is 0 Å². The smallest absolute Gasteiger partial charge is 0.238 e. The number of pyridine rings is 1. The average Bonchev–Trinajstić information content (AvgIpc) is 3.08. The summed E-state index contributed by atoms with van der Waals surface area (Å²) in [6, 6.07) is 22.4. The molecule has 4 aromatic rings. The number of carbonyl (C=O) groups is 1. The lowest BCUT2D eigenvalue weighted by Crippen LogP contribution is -2.28. The first-order chi connectivity index (χ1) is 13.6. The van der Waals surface area contributed by atoms with Crippen LogP contribution in [0.25, 0.3) is 21.7 Å². The molecule has 1 aliphatic rings. The van der Waals surface area contributed by atoms with E-state index >= 15 is 0 Å². The normalized spacial score (nSPS) is 17.0. The highest BCUT2D eigenvalue weighted by Gasteiger charge is 2.35. The van der Waals surface area contributed by atoms with Gasteiger partial charge in [-0.15, -0.1) is 11.8 Å². The third-order valence-corrected chi connectivity index (χ3v) is 6.60. The summed E-state index contributed by atoms with van der Waals surface area (Å²) in [5.74, 6) is 0.528. The second-order valence-electron chi connectivity index (χ2n) is 6.99. The van der Waals surface area contributed by atoms with E-state index in [1.807, 2.05) is 48.2 Å². The van der Waals surface area contributed by atoms with Crippen LogP contribution in [-0.2, 0) is 4.79 Å². The van der Waals surface area contributed by atoms with Crippen molar-refractivity contribution in [1.82, 2.24) is 4.98 Å². The summed E-state index contributed by atoms with van der Waals surface area (Å²) in [5, 5.41) is 3.53. The third kappa shape index (κ3) is 2.84. The van der Waals surface area contributed by atoms with Gasteiger partial charge in [0.1, 0.15) is 10.5 Å². The van der Waals surface area contributed by atoms with E-state index in [1.165, 1.54) is 0 Å². The van der Waals surface area contributed by atoms with E-state index < -0.39 is 0 Å². The number of fused-ring (bicyclic) bond motifs is 3. The van der Waals surface area contributed by atoms with E-state index in [2.05, 4.69) is 30.3 Å². The third-order valence-electron chi connectivity index (χ3n) is 5.10. The molecule has 3 nitrogen and oxygen atoms in total. The summed E-state index contributed by atoms with van der Waals surface area (Å²) in [4.78, 5) is 19.2. The molecular weight excluding hydrogens is 388 g/mol. The van der Waals surface area contributed by atoms with Gasteiger partial charge in [-0.05, 0) is 36.1 Å². The van der Waals surface area contributed by atoms with Crippen molar-refractivity contribution in [2.24, 2.45) is 0 Å². The van der Waals surface area contributed by atoms with Gasteiger partial charge >= 0.3 is 0 Å². The lowest BCUT2D eigenvalue weighted by molar-refractivity contribution is -0.115. The van der Waals surface area contributed by atoms with Gasteiger partial charge < -0.3 is 0 Å². The zero-order chi connectivity index (χ0) is 19.3. The van der Waals surface area contributed by atoms with Crippen molar-refractivity contribution >= 4 is 56.6 Å². The van der Waals surface area contributed by atoms with Gasteiger partial charge in [-0.3, -0.25) is 9.69 Å². The molecule has 0 N–H and O–H groups in total. The zero-order valence-electron chi connectivity index (χ0n) is 15.2. The molecule has 1 fully saturated rings. The minimum absolute atomic E-state index is 0.0928. The summed E-state index contributed by atoms with van der Waals surface area (Å²) in [5.41, 5.74) is 3.79. The van der Waals surface area contributed by atoms with Crippen LogP contribution in [0.5, 0.6) is 0 Å². The second-order valence-corrected chi connectivity index (χ2v) is 8.42. The van der Waals surface area contributed by atoms with Crippen LogP contribution in [0.3, 0.4) is 0 Å². The molecule has 1 amide bonds. The minimum Gasteiger partial charge on any atom is -0.295 e.